The molecule has 0 aromatic heterocycles. The summed E-state index contributed by atoms with van der Waals surface area (Å²) >= 11 is 3.48. The van der Waals surface area contributed by atoms with Crippen LogP contribution in [0.1, 0.15) is 29.8 Å². The van der Waals surface area contributed by atoms with E-state index in [1.54, 1.807) is 0 Å². The Hall–Kier alpha value is -0.870. The first kappa shape index (κ1) is 13.6. The van der Waals surface area contributed by atoms with Crippen LogP contribution in [-0.2, 0) is 0 Å². The Kier molecular flexibility index (Phi) is 3.78. The van der Waals surface area contributed by atoms with Crippen LogP contribution in [0.4, 0.5) is 0 Å². The normalized spacial score (nSPS) is 18.8. The average Bonchev–Trinajstić information content (AvgIpc) is 2.30. The number of rotatable bonds is 1. The third-order valence-electron chi connectivity index (χ3n) is 3.28. The van der Waals surface area contributed by atoms with E-state index in [0.29, 0.717) is 0 Å². The van der Waals surface area contributed by atoms with Crippen LogP contribution in [0.25, 0.3) is 0 Å². The summed E-state index contributed by atoms with van der Waals surface area (Å²) in [6.45, 7) is 8.64. The number of hydrogen-bond acceptors (Lipinski definition) is 2. The first-order valence-corrected chi connectivity index (χ1v) is 6.99. The van der Waals surface area contributed by atoms with Gasteiger partial charge < -0.3 is 10.2 Å². The Morgan fingerprint density at radius 2 is 2.17 bits per heavy atom. The van der Waals surface area contributed by atoms with Gasteiger partial charge in [-0.25, -0.2) is 0 Å². The molecular weight excluding hydrogens is 292 g/mol. The van der Waals surface area contributed by atoms with Gasteiger partial charge in [0.25, 0.3) is 5.91 Å². The summed E-state index contributed by atoms with van der Waals surface area (Å²) in [5.74, 6) is 0.116. The summed E-state index contributed by atoms with van der Waals surface area (Å²) in [6, 6.07) is 5.79. The van der Waals surface area contributed by atoms with E-state index in [1.807, 2.05) is 30.0 Å². The van der Waals surface area contributed by atoms with Gasteiger partial charge in [-0.2, -0.15) is 0 Å². The van der Waals surface area contributed by atoms with Gasteiger partial charge in [-0.3, -0.25) is 4.79 Å². The van der Waals surface area contributed by atoms with Gasteiger partial charge in [0, 0.05) is 35.2 Å². The van der Waals surface area contributed by atoms with Crippen LogP contribution in [0.2, 0.25) is 0 Å². The fourth-order valence-electron chi connectivity index (χ4n) is 2.22. The number of benzene rings is 1. The molecule has 0 bridgehead atoms. The third-order valence-corrected chi connectivity index (χ3v) is 4.13. The molecule has 1 aromatic carbocycles. The van der Waals surface area contributed by atoms with E-state index >= 15 is 0 Å². The lowest BCUT2D eigenvalue weighted by Crippen LogP contribution is -2.58. The lowest BCUT2D eigenvalue weighted by molar-refractivity contribution is 0.0652. The van der Waals surface area contributed by atoms with E-state index < -0.39 is 0 Å². The summed E-state index contributed by atoms with van der Waals surface area (Å²) in [4.78, 5) is 14.4. The van der Waals surface area contributed by atoms with Crippen molar-refractivity contribution in [2.24, 2.45) is 0 Å². The van der Waals surface area contributed by atoms with Crippen molar-refractivity contribution < 1.29 is 4.79 Å². The van der Waals surface area contributed by atoms with Crippen LogP contribution in [0, 0.1) is 6.92 Å². The highest BCUT2D eigenvalue weighted by atomic mass is 79.9. The van der Waals surface area contributed by atoms with Gasteiger partial charge in [-0.05, 0) is 38.5 Å². The highest BCUT2D eigenvalue weighted by molar-refractivity contribution is 9.10. The van der Waals surface area contributed by atoms with Crippen LogP contribution in [0.3, 0.4) is 0 Å². The van der Waals surface area contributed by atoms with Crippen LogP contribution >= 0.6 is 15.9 Å². The number of piperazine rings is 1. The molecule has 0 saturated carbocycles. The second-order valence-electron chi connectivity index (χ2n) is 5.50. The average molecular weight is 311 g/mol. The summed E-state index contributed by atoms with van der Waals surface area (Å²) in [5, 5.41) is 3.41. The predicted octanol–water partition coefficient (Wildman–Crippen LogP) is 2.58. The second-order valence-corrected chi connectivity index (χ2v) is 6.36. The molecule has 1 heterocycles. The lowest BCUT2D eigenvalue weighted by atomic mass is 10.0. The van der Waals surface area contributed by atoms with Crippen molar-refractivity contribution in [2.75, 3.05) is 19.6 Å². The molecular formula is C14H19BrN2O. The minimum absolute atomic E-state index is 0.00413. The zero-order chi connectivity index (χ0) is 13.3. The topological polar surface area (TPSA) is 32.3 Å². The van der Waals surface area contributed by atoms with E-state index in [0.717, 1.165) is 35.2 Å². The summed E-state index contributed by atoms with van der Waals surface area (Å²) in [6.07, 6.45) is 0. The Balaban J connectivity index is 2.18. The lowest BCUT2D eigenvalue weighted by Gasteiger charge is -2.39. The number of nitrogens with zero attached hydrogens (tertiary/aromatic N) is 1. The fraction of sp³-hybridized carbons (Fsp3) is 0.500. The number of carbonyl (C=O) groups is 1. The van der Waals surface area contributed by atoms with Gasteiger partial charge in [0.15, 0.2) is 0 Å². The van der Waals surface area contributed by atoms with Crippen LogP contribution < -0.4 is 5.32 Å². The summed E-state index contributed by atoms with van der Waals surface area (Å²) < 4.78 is 0.989. The standard InChI is InChI=1S/C14H19BrN2O/c1-10-4-5-11(8-12(10)15)13(18)17-7-6-16-14(2,3)9-17/h4-5,8,16H,6-7,9H2,1-3H3. The summed E-state index contributed by atoms with van der Waals surface area (Å²) in [5.41, 5.74) is 1.90. The van der Waals surface area contributed by atoms with Crippen molar-refractivity contribution in [1.82, 2.24) is 10.2 Å². The molecule has 98 valence electrons. The largest absolute Gasteiger partial charge is 0.336 e. The molecule has 1 N–H and O–H groups in total. The molecule has 4 heteroatoms. The number of halogens is 1. The van der Waals surface area contributed by atoms with Gasteiger partial charge in [-0.15, -0.1) is 0 Å². The fourth-order valence-corrected chi connectivity index (χ4v) is 2.60. The van der Waals surface area contributed by atoms with Crippen molar-refractivity contribution in [3.63, 3.8) is 0 Å². The molecule has 0 radical (unpaired) electrons. The van der Waals surface area contributed by atoms with Crippen molar-refractivity contribution >= 4 is 21.8 Å². The molecule has 0 atom stereocenters. The predicted molar refractivity (Wildman–Crippen MR) is 76.9 cm³/mol. The third kappa shape index (κ3) is 2.93. The number of aryl methyl sites for hydroxylation is 1. The molecule has 0 aliphatic carbocycles. The number of nitrogens with one attached hydrogen (secondary N) is 1. The first-order valence-electron chi connectivity index (χ1n) is 6.19. The van der Waals surface area contributed by atoms with Crippen molar-refractivity contribution in [3.05, 3.63) is 33.8 Å². The number of amides is 1. The maximum atomic E-state index is 12.4. The Bertz CT molecular complexity index is 471. The second kappa shape index (κ2) is 5.02. The summed E-state index contributed by atoms with van der Waals surface area (Å²) in [7, 11) is 0. The minimum atomic E-state index is -0.00413. The monoisotopic (exact) mass is 310 g/mol. The van der Waals surface area contributed by atoms with Gasteiger partial charge in [0.2, 0.25) is 0 Å². The van der Waals surface area contributed by atoms with Crippen LogP contribution in [0.5, 0.6) is 0 Å². The molecule has 3 nitrogen and oxygen atoms in total. The first-order chi connectivity index (χ1) is 8.39. The quantitative estimate of drug-likeness (QED) is 0.864. The number of carbonyl (C=O) groups excluding carboxylic acids is 1. The van der Waals surface area contributed by atoms with Gasteiger partial charge >= 0.3 is 0 Å². The molecule has 1 amide bonds. The van der Waals surface area contributed by atoms with Crippen LogP contribution in [0.15, 0.2) is 22.7 Å². The SMILES string of the molecule is Cc1ccc(C(=O)N2CCNC(C)(C)C2)cc1Br. The van der Waals surface area contributed by atoms with Crippen molar-refractivity contribution in [2.45, 2.75) is 26.3 Å². The van der Waals surface area contributed by atoms with Crippen molar-refractivity contribution in [1.29, 1.82) is 0 Å². The van der Waals surface area contributed by atoms with E-state index in [9.17, 15) is 4.79 Å². The Morgan fingerprint density at radius 3 is 2.78 bits per heavy atom. The van der Waals surface area contributed by atoms with Crippen LogP contribution in [-0.4, -0.2) is 36.0 Å². The highest BCUT2D eigenvalue weighted by Crippen LogP contribution is 2.20. The molecule has 1 saturated heterocycles. The Labute approximate surface area is 117 Å². The molecule has 1 aliphatic rings. The highest BCUT2D eigenvalue weighted by Gasteiger charge is 2.29. The van der Waals surface area contributed by atoms with Crippen molar-refractivity contribution in [3.8, 4) is 0 Å². The molecule has 2 rings (SSSR count). The van der Waals surface area contributed by atoms with Gasteiger partial charge in [0.05, 0.1) is 0 Å². The smallest absolute Gasteiger partial charge is 0.253 e. The maximum absolute atomic E-state index is 12.4. The zero-order valence-electron chi connectivity index (χ0n) is 11.1. The zero-order valence-corrected chi connectivity index (χ0v) is 12.7. The van der Waals surface area contributed by atoms with E-state index in [-0.39, 0.29) is 11.4 Å². The number of hydrogen-bond donors (Lipinski definition) is 1. The van der Waals surface area contributed by atoms with E-state index in [2.05, 4.69) is 35.1 Å². The molecule has 0 unspecified atom stereocenters. The van der Waals surface area contributed by atoms with Gasteiger partial charge in [0.1, 0.15) is 0 Å². The Morgan fingerprint density at radius 1 is 1.44 bits per heavy atom. The maximum Gasteiger partial charge on any atom is 0.253 e. The van der Waals surface area contributed by atoms with Gasteiger partial charge in [-0.1, -0.05) is 22.0 Å². The van der Waals surface area contributed by atoms with E-state index in [4.69, 9.17) is 0 Å². The molecule has 1 fully saturated rings. The minimum Gasteiger partial charge on any atom is -0.336 e. The molecule has 1 aliphatic heterocycles. The molecule has 1 aromatic rings. The molecule has 18 heavy (non-hydrogen) atoms. The van der Waals surface area contributed by atoms with E-state index in [1.165, 1.54) is 0 Å². The molecule has 0 spiro atoms.